The first-order valence-corrected chi connectivity index (χ1v) is 8.04. The van der Waals surface area contributed by atoms with Crippen molar-refractivity contribution in [3.05, 3.63) is 65.0 Å². The third-order valence-electron chi connectivity index (χ3n) is 4.38. The summed E-state index contributed by atoms with van der Waals surface area (Å²) in [5.74, 6) is -5.56. The molecule has 144 valence electrons. The van der Waals surface area contributed by atoms with Crippen LogP contribution in [0.1, 0.15) is 15.9 Å². The van der Waals surface area contributed by atoms with Gasteiger partial charge in [-0.15, -0.1) is 0 Å². The molecule has 0 saturated carbocycles. The van der Waals surface area contributed by atoms with Gasteiger partial charge in [-0.2, -0.15) is 13.2 Å². The lowest BCUT2D eigenvalue weighted by atomic mass is 10.1. The second-order valence-corrected chi connectivity index (χ2v) is 6.02. The van der Waals surface area contributed by atoms with E-state index in [1.807, 2.05) is 0 Å². The van der Waals surface area contributed by atoms with Crippen molar-refractivity contribution in [1.29, 1.82) is 0 Å². The van der Waals surface area contributed by atoms with Crippen molar-refractivity contribution in [3.63, 3.8) is 0 Å². The van der Waals surface area contributed by atoms with Crippen LogP contribution in [0.4, 0.5) is 32.0 Å². The average Bonchev–Trinajstić information content (AvgIpc) is 2.65. The number of nitrogens with zero attached hydrogens (tertiary/aromatic N) is 2. The van der Waals surface area contributed by atoms with E-state index >= 15 is 0 Å². The molecule has 1 aliphatic rings. The van der Waals surface area contributed by atoms with Gasteiger partial charge in [0.05, 0.1) is 11.1 Å². The number of hydrogen-bond donors (Lipinski definition) is 0. The summed E-state index contributed by atoms with van der Waals surface area (Å²) in [6, 6.07) is 6.60. The highest BCUT2D eigenvalue weighted by atomic mass is 19.4. The summed E-state index contributed by atoms with van der Waals surface area (Å²) in [6.07, 6.45) is -4.52. The molecule has 0 unspecified atom stereocenters. The molecular weight excluding hydrogens is 374 g/mol. The summed E-state index contributed by atoms with van der Waals surface area (Å²) in [6.45, 7) is 0.210. The highest BCUT2D eigenvalue weighted by molar-refractivity contribution is 5.94. The van der Waals surface area contributed by atoms with Crippen LogP contribution < -0.4 is 4.90 Å². The van der Waals surface area contributed by atoms with Crippen molar-refractivity contribution in [1.82, 2.24) is 4.90 Å². The summed E-state index contributed by atoms with van der Waals surface area (Å²) in [5, 5.41) is 0. The number of alkyl halides is 3. The fourth-order valence-electron chi connectivity index (χ4n) is 3.00. The number of carbonyl (C=O) groups is 1. The fraction of sp³-hybridized carbons (Fsp3) is 0.278. The standard InChI is InChI=1S/C18H14F6N2O/c19-13-6-5-11(15(20)16(13)21)17(27)26-9-7-25(8-10-26)14-4-2-1-3-12(14)18(22,23)24/h1-6H,7-10H2. The quantitative estimate of drug-likeness (QED) is 0.572. The van der Waals surface area contributed by atoms with Crippen molar-refractivity contribution in [3.8, 4) is 0 Å². The molecule has 1 aliphatic heterocycles. The van der Waals surface area contributed by atoms with E-state index in [9.17, 15) is 31.1 Å². The molecule has 0 bridgehead atoms. The van der Waals surface area contributed by atoms with Gasteiger partial charge in [0, 0.05) is 31.9 Å². The third kappa shape index (κ3) is 3.72. The first kappa shape index (κ1) is 19.1. The molecule has 9 heteroatoms. The van der Waals surface area contributed by atoms with E-state index in [4.69, 9.17) is 0 Å². The van der Waals surface area contributed by atoms with Crippen molar-refractivity contribution in [2.24, 2.45) is 0 Å². The first-order valence-electron chi connectivity index (χ1n) is 8.04. The van der Waals surface area contributed by atoms with Gasteiger partial charge in [0.2, 0.25) is 0 Å². The summed E-state index contributed by atoms with van der Waals surface area (Å²) in [7, 11) is 0. The first-order chi connectivity index (χ1) is 12.7. The van der Waals surface area contributed by atoms with Gasteiger partial charge in [-0.3, -0.25) is 4.79 Å². The highest BCUT2D eigenvalue weighted by Crippen LogP contribution is 2.36. The van der Waals surface area contributed by atoms with E-state index in [1.54, 1.807) is 0 Å². The molecule has 0 aromatic heterocycles. The minimum absolute atomic E-state index is 0.00361. The molecule has 0 atom stereocenters. The Morgan fingerprint density at radius 2 is 1.48 bits per heavy atom. The van der Waals surface area contributed by atoms with Gasteiger partial charge in [-0.25, -0.2) is 13.2 Å². The van der Waals surface area contributed by atoms with Gasteiger partial charge in [-0.1, -0.05) is 12.1 Å². The van der Waals surface area contributed by atoms with Crippen LogP contribution in [0.2, 0.25) is 0 Å². The maximum atomic E-state index is 13.8. The third-order valence-corrected chi connectivity index (χ3v) is 4.38. The van der Waals surface area contributed by atoms with Crippen LogP contribution in [-0.4, -0.2) is 37.0 Å². The largest absolute Gasteiger partial charge is 0.418 e. The molecule has 1 saturated heterocycles. The van der Waals surface area contributed by atoms with E-state index in [2.05, 4.69) is 0 Å². The number of anilines is 1. The zero-order chi connectivity index (χ0) is 19.8. The number of rotatable bonds is 2. The Morgan fingerprint density at radius 3 is 2.11 bits per heavy atom. The Labute approximate surface area is 150 Å². The number of carbonyl (C=O) groups excluding carboxylic acids is 1. The molecule has 0 radical (unpaired) electrons. The predicted octanol–water partition coefficient (Wildman–Crippen LogP) is 4.09. The van der Waals surface area contributed by atoms with Crippen LogP contribution >= 0.6 is 0 Å². The van der Waals surface area contributed by atoms with E-state index in [0.717, 1.165) is 12.1 Å². The second kappa shape index (κ2) is 7.13. The Kier molecular flexibility index (Phi) is 5.03. The number of halogens is 6. The molecule has 1 fully saturated rings. The van der Waals surface area contributed by atoms with Gasteiger partial charge in [0.15, 0.2) is 17.5 Å². The minimum atomic E-state index is -4.52. The number of para-hydroxylation sites is 1. The zero-order valence-corrected chi connectivity index (χ0v) is 13.9. The van der Waals surface area contributed by atoms with Crippen LogP contribution in [0.15, 0.2) is 36.4 Å². The van der Waals surface area contributed by atoms with E-state index in [-0.39, 0.29) is 31.9 Å². The lowest BCUT2D eigenvalue weighted by Gasteiger charge is -2.37. The minimum Gasteiger partial charge on any atom is -0.367 e. The molecule has 2 aromatic carbocycles. The fourth-order valence-corrected chi connectivity index (χ4v) is 3.00. The predicted molar refractivity (Wildman–Crippen MR) is 85.9 cm³/mol. The van der Waals surface area contributed by atoms with Crippen LogP contribution in [0.25, 0.3) is 0 Å². The summed E-state index contributed by atoms with van der Waals surface area (Å²) in [5.41, 5.74) is -1.40. The van der Waals surface area contributed by atoms with E-state index < -0.39 is 40.7 Å². The van der Waals surface area contributed by atoms with E-state index in [1.165, 1.54) is 28.0 Å². The van der Waals surface area contributed by atoms with Gasteiger partial charge in [0.25, 0.3) is 5.91 Å². The van der Waals surface area contributed by atoms with Gasteiger partial charge < -0.3 is 9.80 Å². The van der Waals surface area contributed by atoms with Crippen molar-refractivity contribution in [2.75, 3.05) is 31.1 Å². The van der Waals surface area contributed by atoms with Crippen molar-refractivity contribution >= 4 is 11.6 Å². The molecule has 0 aliphatic carbocycles. The molecule has 3 rings (SSSR count). The topological polar surface area (TPSA) is 23.6 Å². The Morgan fingerprint density at radius 1 is 0.852 bits per heavy atom. The Balaban J connectivity index is 1.75. The van der Waals surface area contributed by atoms with Crippen molar-refractivity contribution in [2.45, 2.75) is 6.18 Å². The lowest BCUT2D eigenvalue weighted by Crippen LogP contribution is -2.49. The number of hydrogen-bond acceptors (Lipinski definition) is 2. The maximum absolute atomic E-state index is 13.8. The Hall–Kier alpha value is -2.71. The Bertz CT molecular complexity index is 859. The van der Waals surface area contributed by atoms with Crippen molar-refractivity contribution < 1.29 is 31.1 Å². The van der Waals surface area contributed by atoms with Crippen LogP contribution in [-0.2, 0) is 6.18 Å². The number of amides is 1. The van der Waals surface area contributed by atoms with Gasteiger partial charge >= 0.3 is 6.18 Å². The monoisotopic (exact) mass is 388 g/mol. The lowest BCUT2D eigenvalue weighted by molar-refractivity contribution is -0.137. The molecule has 1 amide bonds. The summed E-state index contributed by atoms with van der Waals surface area (Å²) < 4.78 is 79.6. The van der Waals surface area contributed by atoms with Crippen LogP contribution in [0.5, 0.6) is 0 Å². The average molecular weight is 388 g/mol. The van der Waals surface area contributed by atoms with Crippen LogP contribution in [0, 0.1) is 17.5 Å². The van der Waals surface area contributed by atoms with Gasteiger partial charge in [0.1, 0.15) is 0 Å². The second-order valence-electron chi connectivity index (χ2n) is 6.02. The van der Waals surface area contributed by atoms with Gasteiger partial charge in [-0.05, 0) is 24.3 Å². The molecule has 3 nitrogen and oxygen atoms in total. The number of benzene rings is 2. The molecule has 27 heavy (non-hydrogen) atoms. The maximum Gasteiger partial charge on any atom is 0.418 e. The number of piperazine rings is 1. The van der Waals surface area contributed by atoms with Crippen LogP contribution in [0.3, 0.4) is 0 Å². The smallest absolute Gasteiger partial charge is 0.367 e. The normalized spacial score (nSPS) is 15.2. The molecule has 0 spiro atoms. The molecule has 2 aromatic rings. The zero-order valence-electron chi connectivity index (χ0n) is 13.9. The molecule has 0 N–H and O–H groups in total. The summed E-state index contributed by atoms with van der Waals surface area (Å²) in [4.78, 5) is 15.0. The summed E-state index contributed by atoms with van der Waals surface area (Å²) >= 11 is 0. The SMILES string of the molecule is O=C(c1ccc(F)c(F)c1F)N1CCN(c2ccccc2C(F)(F)F)CC1. The highest BCUT2D eigenvalue weighted by Gasteiger charge is 2.35. The van der Waals surface area contributed by atoms with E-state index in [0.29, 0.717) is 6.07 Å². The molecular formula is C18H14F6N2O. The molecule has 1 heterocycles.